The number of anilines is 1. The number of fused-ring (bicyclic) bond motifs is 1. The molecule has 0 bridgehead atoms. The molecule has 0 spiro atoms. The highest BCUT2D eigenvalue weighted by Gasteiger charge is 2.20. The first kappa shape index (κ1) is 19.9. The van der Waals surface area contributed by atoms with Crippen molar-refractivity contribution >= 4 is 22.4 Å². The number of carbonyl (C=O) groups excluding carboxylic acids is 1. The highest BCUT2D eigenvalue weighted by molar-refractivity contribution is 6.17. The number of hydrogen-bond acceptors (Lipinski definition) is 6. The molecule has 0 amide bonds. The van der Waals surface area contributed by atoms with Crippen LogP contribution in [0, 0.1) is 6.92 Å². The molecule has 0 aliphatic carbocycles. The van der Waals surface area contributed by atoms with Gasteiger partial charge in [-0.1, -0.05) is 0 Å². The Kier molecular flexibility index (Phi) is 6.02. The predicted molar refractivity (Wildman–Crippen MR) is 110 cm³/mol. The van der Waals surface area contributed by atoms with Crippen LogP contribution in [0.15, 0.2) is 46.9 Å². The molecule has 2 N–H and O–H groups in total. The zero-order chi connectivity index (χ0) is 20.3. The fourth-order valence-corrected chi connectivity index (χ4v) is 3.17. The van der Waals surface area contributed by atoms with Crippen LogP contribution in [0.25, 0.3) is 11.0 Å². The van der Waals surface area contributed by atoms with Gasteiger partial charge in [0.05, 0.1) is 5.56 Å². The van der Waals surface area contributed by atoms with Gasteiger partial charge in [0.15, 0.2) is 5.78 Å². The van der Waals surface area contributed by atoms with Gasteiger partial charge < -0.3 is 24.5 Å². The van der Waals surface area contributed by atoms with Crippen LogP contribution in [-0.2, 0) is 0 Å². The summed E-state index contributed by atoms with van der Waals surface area (Å²) in [7, 11) is 5.62. The van der Waals surface area contributed by atoms with Gasteiger partial charge in [0.25, 0.3) is 0 Å². The van der Waals surface area contributed by atoms with Crippen LogP contribution < -0.4 is 10.1 Å². The van der Waals surface area contributed by atoms with E-state index in [1.54, 1.807) is 31.2 Å². The van der Waals surface area contributed by atoms with Gasteiger partial charge in [0.2, 0.25) is 0 Å². The van der Waals surface area contributed by atoms with Crippen LogP contribution in [0.3, 0.4) is 0 Å². The van der Waals surface area contributed by atoms with Crippen LogP contribution in [0.1, 0.15) is 21.7 Å². The zero-order valence-corrected chi connectivity index (χ0v) is 16.7. The Labute approximate surface area is 164 Å². The molecular formula is C22H26N2O4. The average molecular weight is 382 g/mol. The fourth-order valence-electron chi connectivity index (χ4n) is 3.17. The summed E-state index contributed by atoms with van der Waals surface area (Å²) in [4.78, 5) is 15.0. The number of rotatable bonds is 8. The molecule has 1 atom stereocenters. The van der Waals surface area contributed by atoms with Gasteiger partial charge in [-0.25, -0.2) is 0 Å². The van der Waals surface area contributed by atoms with Gasteiger partial charge in [-0.15, -0.1) is 0 Å². The highest BCUT2D eigenvalue weighted by Crippen LogP contribution is 2.30. The van der Waals surface area contributed by atoms with Gasteiger partial charge in [-0.05, 0) is 63.5 Å². The van der Waals surface area contributed by atoms with E-state index >= 15 is 0 Å². The Bertz CT molecular complexity index is 961. The number of aliphatic hydroxyl groups excluding tert-OH is 1. The predicted octanol–water partition coefficient (Wildman–Crippen LogP) is 3.32. The average Bonchev–Trinajstić information content (AvgIpc) is 3.00. The van der Waals surface area contributed by atoms with E-state index < -0.39 is 6.10 Å². The second-order valence-electron chi connectivity index (χ2n) is 7.07. The molecule has 0 saturated heterocycles. The number of nitrogens with zero attached hydrogens (tertiary/aromatic N) is 1. The summed E-state index contributed by atoms with van der Waals surface area (Å²) in [6.45, 7) is 2.53. The summed E-state index contributed by atoms with van der Waals surface area (Å²) < 4.78 is 11.4. The smallest absolute Gasteiger partial charge is 0.197 e. The Balaban J connectivity index is 1.78. The van der Waals surface area contributed by atoms with Crippen LogP contribution in [0.2, 0.25) is 0 Å². The van der Waals surface area contributed by atoms with Crippen molar-refractivity contribution < 1.29 is 19.1 Å². The van der Waals surface area contributed by atoms with Crippen LogP contribution in [-0.4, -0.2) is 56.2 Å². The molecule has 0 radical (unpaired) electrons. The van der Waals surface area contributed by atoms with Gasteiger partial charge in [0, 0.05) is 30.2 Å². The Morgan fingerprint density at radius 2 is 1.93 bits per heavy atom. The first-order chi connectivity index (χ1) is 13.4. The van der Waals surface area contributed by atoms with Crippen molar-refractivity contribution in [1.82, 2.24) is 4.90 Å². The van der Waals surface area contributed by atoms with E-state index in [0.29, 0.717) is 34.8 Å². The van der Waals surface area contributed by atoms with E-state index in [-0.39, 0.29) is 12.4 Å². The molecule has 1 unspecified atom stereocenters. The molecule has 0 saturated carbocycles. The molecule has 0 aliphatic heterocycles. The monoisotopic (exact) mass is 382 g/mol. The fraction of sp³-hybridized carbons (Fsp3) is 0.318. The molecule has 1 heterocycles. The first-order valence-corrected chi connectivity index (χ1v) is 9.20. The number of nitrogens with one attached hydrogen (secondary N) is 1. The number of likely N-dealkylation sites (N-methyl/N-ethyl adjacent to an activating group) is 1. The summed E-state index contributed by atoms with van der Waals surface area (Å²) >= 11 is 0. The van der Waals surface area contributed by atoms with Crippen molar-refractivity contribution in [2.24, 2.45) is 0 Å². The topological polar surface area (TPSA) is 74.9 Å². The van der Waals surface area contributed by atoms with E-state index in [1.807, 2.05) is 44.2 Å². The summed E-state index contributed by atoms with van der Waals surface area (Å²) in [6, 6.07) is 12.6. The molecule has 3 rings (SSSR count). The van der Waals surface area contributed by atoms with Gasteiger partial charge in [-0.2, -0.15) is 0 Å². The van der Waals surface area contributed by atoms with Gasteiger partial charge in [-0.3, -0.25) is 4.79 Å². The summed E-state index contributed by atoms with van der Waals surface area (Å²) in [6.07, 6.45) is -0.572. The quantitative estimate of drug-likeness (QED) is 0.582. The van der Waals surface area contributed by atoms with E-state index in [1.165, 1.54) is 0 Å². The van der Waals surface area contributed by atoms with Crippen molar-refractivity contribution in [2.45, 2.75) is 13.0 Å². The zero-order valence-electron chi connectivity index (χ0n) is 16.7. The van der Waals surface area contributed by atoms with Crippen LogP contribution in [0.5, 0.6) is 5.75 Å². The molecule has 1 aromatic heterocycles. The number of furan rings is 1. The summed E-state index contributed by atoms with van der Waals surface area (Å²) in [5, 5.41) is 13.8. The molecule has 0 aliphatic rings. The molecule has 3 aromatic rings. The normalized spacial score (nSPS) is 12.4. The van der Waals surface area contributed by atoms with E-state index in [4.69, 9.17) is 9.15 Å². The Morgan fingerprint density at radius 1 is 1.21 bits per heavy atom. The summed E-state index contributed by atoms with van der Waals surface area (Å²) in [5.41, 5.74) is 2.74. The molecule has 6 nitrogen and oxygen atoms in total. The number of hydrogen-bond donors (Lipinski definition) is 2. The molecular weight excluding hydrogens is 356 g/mol. The molecule has 6 heteroatoms. The number of ketones is 1. The number of carbonyl (C=O) groups is 1. The SMILES string of the molecule is CNc1ccc2oc(C)c(C(=O)c3ccc(OCC(O)CN(C)C)cc3)c2c1. The largest absolute Gasteiger partial charge is 0.491 e. The second kappa shape index (κ2) is 8.46. The molecule has 0 fully saturated rings. The second-order valence-corrected chi connectivity index (χ2v) is 7.07. The highest BCUT2D eigenvalue weighted by atomic mass is 16.5. The minimum atomic E-state index is -0.572. The van der Waals surface area contributed by atoms with E-state index in [9.17, 15) is 9.90 Å². The minimum absolute atomic E-state index is 0.0938. The number of benzene rings is 2. The van der Waals surface area contributed by atoms with Crippen molar-refractivity contribution in [2.75, 3.05) is 39.6 Å². The maximum absolute atomic E-state index is 13.1. The first-order valence-electron chi connectivity index (χ1n) is 9.20. The lowest BCUT2D eigenvalue weighted by Gasteiger charge is -2.16. The third kappa shape index (κ3) is 4.35. The van der Waals surface area contributed by atoms with Gasteiger partial charge in [0.1, 0.15) is 29.8 Å². The maximum atomic E-state index is 13.1. The van der Waals surface area contributed by atoms with Crippen LogP contribution >= 0.6 is 0 Å². The van der Waals surface area contributed by atoms with Crippen molar-refractivity contribution in [3.8, 4) is 5.75 Å². The lowest BCUT2D eigenvalue weighted by Crippen LogP contribution is -2.30. The maximum Gasteiger partial charge on any atom is 0.197 e. The van der Waals surface area contributed by atoms with Crippen molar-refractivity contribution in [3.05, 3.63) is 59.4 Å². The summed E-state index contributed by atoms with van der Waals surface area (Å²) in [5.74, 6) is 1.12. The number of aryl methyl sites for hydroxylation is 1. The molecule has 2 aromatic carbocycles. The Hall–Kier alpha value is -2.83. The molecule has 28 heavy (non-hydrogen) atoms. The van der Waals surface area contributed by atoms with Gasteiger partial charge >= 0.3 is 0 Å². The lowest BCUT2D eigenvalue weighted by atomic mass is 10.00. The van der Waals surface area contributed by atoms with E-state index in [2.05, 4.69) is 5.32 Å². The van der Waals surface area contributed by atoms with E-state index in [0.717, 1.165) is 11.1 Å². The lowest BCUT2D eigenvalue weighted by molar-refractivity contribution is 0.0830. The van der Waals surface area contributed by atoms with Crippen LogP contribution in [0.4, 0.5) is 5.69 Å². The number of ether oxygens (including phenoxy) is 1. The standard InChI is InChI=1S/C22H26N2O4/c1-14-21(19-11-16(23-2)7-10-20(19)28-14)22(26)15-5-8-18(9-6-15)27-13-17(25)12-24(3)4/h5-11,17,23,25H,12-13H2,1-4H3. The minimum Gasteiger partial charge on any atom is -0.491 e. The number of aliphatic hydroxyl groups is 1. The molecule has 148 valence electrons. The van der Waals surface area contributed by atoms with Crippen molar-refractivity contribution in [1.29, 1.82) is 0 Å². The Morgan fingerprint density at radius 3 is 2.57 bits per heavy atom. The third-order valence-corrected chi connectivity index (χ3v) is 4.51. The third-order valence-electron chi connectivity index (χ3n) is 4.51. The van der Waals surface area contributed by atoms with Crippen molar-refractivity contribution in [3.63, 3.8) is 0 Å².